The van der Waals surface area contributed by atoms with Gasteiger partial charge in [-0.25, -0.2) is 10.2 Å². The van der Waals surface area contributed by atoms with Crippen LogP contribution in [0.3, 0.4) is 0 Å². The van der Waals surface area contributed by atoms with E-state index in [0.29, 0.717) is 15.6 Å². The zero-order valence-electron chi connectivity index (χ0n) is 17.0. The summed E-state index contributed by atoms with van der Waals surface area (Å²) >= 11 is 9.82. The Bertz CT molecular complexity index is 1270. The van der Waals surface area contributed by atoms with Gasteiger partial charge in [-0.2, -0.15) is 5.10 Å². The van der Waals surface area contributed by atoms with Gasteiger partial charge in [0.05, 0.1) is 21.2 Å². The van der Waals surface area contributed by atoms with Gasteiger partial charge < -0.3 is 9.47 Å². The van der Waals surface area contributed by atoms with E-state index in [2.05, 4.69) is 58.3 Å². The molecule has 174 valence electrons. The number of hydrazone groups is 1. The Hall–Kier alpha value is -3.09. The van der Waals surface area contributed by atoms with Crippen LogP contribution in [0, 0.1) is 10.1 Å². The average molecular weight is 656 g/mol. The molecule has 0 heterocycles. The third-order valence-electron chi connectivity index (χ3n) is 4.13. The van der Waals surface area contributed by atoms with Crippen LogP contribution in [0.5, 0.6) is 11.5 Å². The van der Waals surface area contributed by atoms with Gasteiger partial charge in [0.2, 0.25) is 0 Å². The molecular weight excluding hydrogens is 642 g/mol. The quantitative estimate of drug-likeness (QED) is 0.110. The monoisotopic (exact) mass is 653 g/mol. The van der Waals surface area contributed by atoms with Crippen molar-refractivity contribution in [2.45, 2.75) is 0 Å². The predicted molar refractivity (Wildman–Crippen MR) is 135 cm³/mol. The number of nitrogens with zero attached hydrogens (tertiary/aromatic N) is 2. The second-order valence-corrected chi connectivity index (χ2v) is 9.22. The van der Waals surface area contributed by atoms with Gasteiger partial charge in [0.25, 0.3) is 11.6 Å². The zero-order valence-corrected chi connectivity index (χ0v) is 21.8. The standard InChI is InChI=1S/C22H14Br3N3O6/c23-15-3-1-13(2-4-15)22(30)34-19-7-5-16(24)9-14(19)11-26-27-21(29)12-33-20-8-6-17(28(31)32)10-18(20)25/h1-11H,12H2,(H,27,29)/b26-11+. The summed E-state index contributed by atoms with van der Waals surface area (Å²) in [7, 11) is 0. The van der Waals surface area contributed by atoms with Crippen molar-refractivity contribution in [1.29, 1.82) is 0 Å². The van der Waals surface area contributed by atoms with Crippen molar-refractivity contribution < 1.29 is 24.0 Å². The van der Waals surface area contributed by atoms with Gasteiger partial charge >= 0.3 is 5.97 Å². The number of hydrogen-bond acceptors (Lipinski definition) is 7. The van der Waals surface area contributed by atoms with Crippen molar-refractivity contribution in [3.8, 4) is 11.5 Å². The minimum Gasteiger partial charge on any atom is -0.483 e. The normalized spacial score (nSPS) is 10.7. The highest BCUT2D eigenvalue weighted by Crippen LogP contribution is 2.29. The van der Waals surface area contributed by atoms with E-state index in [-0.39, 0.29) is 23.8 Å². The Labute approximate surface area is 218 Å². The molecule has 0 aliphatic carbocycles. The van der Waals surface area contributed by atoms with Crippen LogP contribution in [0.4, 0.5) is 5.69 Å². The van der Waals surface area contributed by atoms with Crippen molar-refractivity contribution in [3.63, 3.8) is 0 Å². The summed E-state index contributed by atoms with van der Waals surface area (Å²) in [6.45, 7) is -0.377. The first-order valence-corrected chi connectivity index (χ1v) is 11.8. The highest BCUT2D eigenvalue weighted by molar-refractivity contribution is 9.11. The van der Waals surface area contributed by atoms with Gasteiger partial charge in [0.1, 0.15) is 11.5 Å². The number of nitro benzene ring substituents is 1. The Morgan fingerprint density at radius 1 is 0.971 bits per heavy atom. The summed E-state index contributed by atoms with van der Waals surface area (Å²) in [4.78, 5) is 34.7. The number of amides is 1. The molecule has 3 aromatic carbocycles. The first-order valence-electron chi connectivity index (χ1n) is 9.39. The van der Waals surface area contributed by atoms with Crippen LogP contribution in [0.2, 0.25) is 0 Å². The van der Waals surface area contributed by atoms with Gasteiger partial charge in [0, 0.05) is 26.6 Å². The lowest BCUT2D eigenvalue weighted by Crippen LogP contribution is -2.24. The molecule has 0 saturated heterocycles. The lowest BCUT2D eigenvalue weighted by atomic mass is 10.2. The van der Waals surface area contributed by atoms with Crippen LogP contribution >= 0.6 is 47.8 Å². The number of hydrogen-bond donors (Lipinski definition) is 1. The van der Waals surface area contributed by atoms with E-state index in [1.165, 1.54) is 24.4 Å². The second kappa shape index (κ2) is 11.9. The maximum Gasteiger partial charge on any atom is 0.343 e. The van der Waals surface area contributed by atoms with E-state index >= 15 is 0 Å². The molecule has 34 heavy (non-hydrogen) atoms. The molecule has 9 nitrogen and oxygen atoms in total. The van der Waals surface area contributed by atoms with Crippen LogP contribution in [0.1, 0.15) is 15.9 Å². The fourth-order valence-electron chi connectivity index (χ4n) is 2.53. The number of carbonyl (C=O) groups excluding carboxylic acids is 2. The number of benzene rings is 3. The predicted octanol–water partition coefficient (Wildman–Crippen LogP) is 5.63. The largest absolute Gasteiger partial charge is 0.483 e. The van der Waals surface area contributed by atoms with Crippen LogP contribution in [0.15, 0.2) is 79.2 Å². The maximum atomic E-state index is 12.4. The van der Waals surface area contributed by atoms with E-state index in [0.717, 1.165) is 8.95 Å². The molecule has 0 saturated carbocycles. The van der Waals surface area contributed by atoms with Gasteiger partial charge in [0.15, 0.2) is 6.61 Å². The molecule has 3 aromatic rings. The second-order valence-electron chi connectivity index (χ2n) is 6.53. The minimum atomic E-state index is -0.565. The Balaban J connectivity index is 1.61. The number of halogens is 3. The van der Waals surface area contributed by atoms with Gasteiger partial charge in [-0.1, -0.05) is 31.9 Å². The van der Waals surface area contributed by atoms with Gasteiger partial charge in [-0.3, -0.25) is 14.9 Å². The summed E-state index contributed by atoms with van der Waals surface area (Å²) < 4.78 is 12.7. The third kappa shape index (κ3) is 7.20. The molecule has 0 unspecified atom stereocenters. The van der Waals surface area contributed by atoms with Crippen LogP contribution in [-0.2, 0) is 4.79 Å². The molecule has 0 aromatic heterocycles. The Morgan fingerprint density at radius 3 is 2.32 bits per heavy atom. The van der Waals surface area contributed by atoms with E-state index < -0.39 is 16.8 Å². The van der Waals surface area contributed by atoms with E-state index in [4.69, 9.17) is 9.47 Å². The summed E-state index contributed by atoms with van der Waals surface area (Å²) in [5.74, 6) is -0.598. The van der Waals surface area contributed by atoms with Crippen LogP contribution < -0.4 is 14.9 Å². The zero-order chi connectivity index (χ0) is 24.7. The first-order chi connectivity index (χ1) is 16.2. The number of esters is 1. The SMILES string of the molecule is O=C(COc1ccc([N+](=O)[O-])cc1Br)N/N=C/c1cc(Br)ccc1OC(=O)c1ccc(Br)cc1. The van der Waals surface area contributed by atoms with Crippen molar-refractivity contribution in [1.82, 2.24) is 5.43 Å². The smallest absolute Gasteiger partial charge is 0.343 e. The van der Waals surface area contributed by atoms with Crippen molar-refractivity contribution >= 4 is 71.6 Å². The molecule has 1 N–H and O–H groups in total. The van der Waals surface area contributed by atoms with E-state index in [9.17, 15) is 19.7 Å². The summed E-state index contributed by atoms with van der Waals surface area (Å²) in [6, 6.07) is 15.6. The molecule has 0 aliphatic rings. The molecule has 0 fully saturated rings. The van der Waals surface area contributed by atoms with Gasteiger partial charge in [-0.15, -0.1) is 0 Å². The van der Waals surface area contributed by atoms with Crippen LogP contribution in [0.25, 0.3) is 0 Å². The van der Waals surface area contributed by atoms with Crippen molar-refractivity contribution in [2.24, 2.45) is 5.10 Å². The van der Waals surface area contributed by atoms with Crippen LogP contribution in [-0.4, -0.2) is 29.6 Å². The van der Waals surface area contributed by atoms with Crippen molar-refractivity contribution in [2.75, 3.05) is 6.61 Å². The lowest BCUT2D eigenvalue weighted by molar-refractivity contribution is -0.384. The third-order valence-corrected chi connectivity index (χ3v) is 5.77. The maximum absolute atomic E-state index is 12.4. The van der Waals surface area contributed by atoms with E-state index in [1.54, 1.807) is 42.5 Å². The average Bonchev–Trinajstić information content (AvgIpc) is 2.80. The highest BCUT2D eigenvalue weighted by Gasteiger charge is 2.13. The molecule has 12 heteroatoms. The number of ether oxygens (including phenoxy) is 2. The Kier molecular flexibility index (Phi) is 8.91. The molecular formula is C22H14Br3N3O6. The summed E-state index contributed by atoms with van der Waals surface area (Å²) in [6.07, 6.45) is 1.33. The number of carbonyl (C=O) groups is 2. The molecule has 3 rings (SSSR count). The molecule has 0 bridgehead atoms. The number of nitrogens with one attached hydrogen (secondary N) is 1. The highest BCUT2D eigenvalue weighted by atomic mass is 79.9. The molecule has 0 radical (unpaired) electrons. The Morgan fingerprint density at radius 2 is 1.65 bits per heavy atom. The lowest BCUT2D eigenvalue weighted by Gasteiger charge is -2.09. The topological polar surface area (TPSA) is 120 Å². The molecule has 1 amide bonds. The molecule has 0 spiro atoms. The fourth-order valence-corrected chi connectivity index (χ4v) is 3.65. The summed E-state index contributed by atoms with van der Waals surface area (Å²) in [5.41, 5.74) is 3.01. The molecule has 0 atom stereocenters. The summed E-state index contributed by atoms with van der Waals surface area (Å²) in [5, 5.41) is 14.7. The molecule has 0 aliphatic heterocycles. The van der Waals surface area contributed by atoms with Crippen molar-refractivity contribution in [3.05, 3.63) is 95.3 Å². The number of nitro groups is 1. The van der Waals surface area contributed by atoms with Gasteiger partial charge in [-0.05, 0) is 64.5 Å². The fraction of sp³-hybridized carbons (Fsp3) is 0.0455. The number of rotatable bonds is 8. The number of non-ortho nitro benzene ring substituents is 1. The minimum absolute atomic E-state index is 0.112. The van der Waals surface area contributed by atoms with E-state index in [1.807, 2.05) is 0 Å². The first kappa shape index (κ1) is 25.5.